The molecule has 0 radical (unpaired) electrons. The van der Waals surface area contributed by atoms with Crippen molar-refractivity contribution in [1.82, 2.24) is 15.2 Å². The van der Waals surface area contributed by atoms with E-state index >= 15 is 0 Å². The number of aliphatic hydroxyl groups is 1. The Hall–Kier alpha value is -2.93. The molecule has 0 saturated heterocycles. The van der Waals surface area contributed by atoms with Gasteiger partial charge in [0.25, 0.3) is 11.5 Å². The fourth-order valence-electron chi connectivity index (χ4n) is 3.13. The summed E-state index contributed by atoms with van der Waals surface area (Å²) in [5, 5.41) is 13.6. The summed E-state index contributed by atoms with van der Waals surface area (Å²) in [7, 11) is 1.86. The van der Waals surface area contributed by atoms with Crippen LogP contribution in [0.3, 0.4) is 0 Å². The Morgan fingerprint density at radius 1 is 1.10 bits per heavy atom. The predicted molar refractivity (Wildman–Crippen MR) is 117 cm³/mol. The molecule has 1 heterocycles. The molecule has 0 spiro atoms. The van der Waals surface area contributed by atoms with Gasteiger partial charge in [0.2, 0.25) is 0 Å². The van der Waals surface area contributed by atoms with Gasteiger partial charge in [-0.2, -0.15) is 0 Å². The van der Waals surface area contributed by atoms with E-state index in [-0.39, 0.29) is 12.1 Å². The van der Waals surface area contributed by atoms with Crippen LogP contribution in [-0.4, -0.2) is 34.5 Å². The van der Waals surface area contributed by atoms with Crippen LogP contribution in [0.5, 0.6) is 0 Å². The minimum absolute atomic E-state index is 0.0396. The fourth-order valence-corrected chi connectivity index (χ4v) is 3.33. The first kappa shape index (κ1) is 21.8. The standard InChI is InChI=1S/C23H24ClN3O3/c1-27(15-21(28)16-7-3-2-4-8-16)14-18-11-12-19(23(30)26-18)22(29)25-13-17-9-5-6-10-20(17)24/h2-12,21,28H,13-15H2,1H3,(H,25,29)(H,26,30). The van der Waals surface area contributed by atoms with E-state index in [1.807, 2.05) is 60.5 Å². The maximum Gasteiger partial charge on any atom is 0.261 e. The number of aromatic amines is 1. The van der Waals surface area contributed by atoms with Gasteiger partial charge in [-0.25, -0.2) is 0 Å². The van der Waals surface area contributed by atoms with Crippen molar-refractivity contribution >= 4 is 17.5 Å². The van der Waals surface area contributed by atoms with Crippen LogP contribution in [0, 0.1) is 0 Å². The van der Waals surface area contributed by atoms with Crippen molar-refractivity contribution in [2.45, 2.75) is 19.2 Å². The van der Waals surface area contributed by atoms with Gasteiger partial charge in [-0.3, -0.25) is 14.5 Å². The number of benzene rings is 2. The number of pyridine rings is 1. The molecule has 3 aromatic rings. The summed E-state index contributed by atoms with van der Waals surface area (Å²) in [5.74, 6) is -0.462. The molecule has 0 bridgehead atoms. The Balaban J connectivity index is 1.58. The number of likely N-dealkylation sites (N-methyl/N-ethyl adjacent to an activating group) is 1. The van der Waals surface area contributed by atoms with Gasteiger partial charge >= 0.3 is 0 Å². The summed E-state index contributed by atoms with van der Waals surface area (Å²) in [4.78, 5) is 29.4. The third-order valence-corrected chi connectivity index (χ3v) is 5.09. The van der Waals surface area contributed by atoms with Crippen LogP contribution >= 0.6 is 11.6 Å². The lowest BCUT2D eigenvalue weighted by atomic mass is 10.1. The Bertz CT molecular complexity index is 1050. The molecule has 1 aromatic heterocycles. The van der Waals surface area contributed by atoms with Crippen molar-refractivity contribution in [3.05, 3.63) is 104 Å². The fraction of sp³-hybridized carbons (Fsp3) is 0.217. The number of H-pyrrole nitrogens is 1. The van der Waals surface area contributed by atoms with Gasteiger partial charge in [-0.05, 0) is 36.4 Å². The first-order chi connectivity index (χ1) is 14.4. The number of rotatable bonds is 8. The Morgan fingerprint density at radius 2 is 1.80 bits per heavy atom. The number of amides is 1. The lowest BCUT2D eigenvalue weighted by Crippen LogP contribution is -2.31. The second-order valence-corrected chi connectivity index (χ2v) is 7.53. The minimum Gasteiger partial charge on any atom is -0.387 e. The van der Waals surface area contributed by atoms with Crippen molar-refractivity contribution in [3.8, 4) is 0 Å². The number of nitrogens with one attached hydrogen (secondary N) is 2. The maximum atomic E-state index is 12.4. The maximum absolute atomic E-state index is 12.4. The summed E-state index contributed by atoms with van der Waals surface area (Å²) in [6, 6.07) is 19.8. The second-order valence-electron chi connectivity index (χ2n) is 7.12. The molecule has 0 aliphatic carbocycles. The molecule has 1 unspecified atom stereocenters. The van der Waals surface area contributed by atoms with Gasteiger partial charge in [0, 0.05) is 30.4 Å². The molecule has 1 amide bonds. The Kier molecular flexibility index (Phi) is 7.41. The zero-order valence-corrected chi connectivity index (χ0v) is 17.4. The van der Waals surface area contributed by atoms with Crippen LogP contribution in [0.4, 0.5) is 0 Å². The third-order valence-electron chi connectivity index (χ3n) is 4.72. The van der Waals surface area contributed by atoms with Crippen LogP contribution in [0.25, 0.3) is 0 Å². The molecule has 3 rings (SSSR count). The highest BCUT2D eigenvalue weighted by Gasteiger charge is 2.14. The highest BCUT2D eigenvalue weighted by molar-refractivity contribution is 6.31. The first-order valence-electron chi connectivity index (χ1n) is 9.59. The number of aromatic nitrogens is 1. The molecular weight excluding hydrogens is 402 g/mol. The Labute approximate surface area is 180 Å². The van der Waals surface area contributed by atoms with Gasteiger partial charge in [-0.1, -0.05) is 60.1 Å². The van der Waals surface area contributed by atoms with Gasteiger partial charge in [-0.15, -0.1) is 0 Å². The molecule has 0 aliphatic heterocycles. The van der Waals surface area contributed by atoms with E-state index in [9.17, 15) is 14.7 Å². The van der Waals surface area contributed by atoms with Gasteiger partial charge < -0.3 is 15.4 Å². The summed E-state index contributed by atoms with van der Waals surface area (Å²) in [6.07, 6.45) is -0.627. The van der Waals surface area contributed by atoms with Crippen molar-refractivity contribution in [2.75, 3.05) is 13.6 Å². The predicted octanol–water partition coefficient (Wildman–Crippen LogP) is 3.12. The average molecular weight is 426 g/mol. The van der Waals surface area contributed by atoms with Gasteiger partial charge in [0.05, 0.1) is 6.10 Å². The van der Waals surface area contributed by atoms with Crippen molar-refractivity contribution < 1.29 is 9.90 Å². The Morgan fingerprint density at radius 3 is 2.50 bits per heavy atom. The van der Waals surface area contributed by atoms with Gasteiger partial charge in [0.15, 0.2) is 0 Å². The summed E-state index contributed by atoms with van der Waals surface area (Å²) in [6.45, 7) is 1.08. The van der Waals surface area contributed by atoms with Gasteiger partial charge in [0.1, 0.15) is 5.56 Å². The highest BCUT2D eigenvalue weighted by atomic mass is 35.5. The van der Waals surface area contributed by atoms with E-state index < -0.39 is 17.6 Å². The van der Waals surface area contributed by atoms with Crippen molar-refractivity contribution in [1.29, 1.82) is 0 Å². The van der Waals surface area contributed by atoms with Crippen LogP contribution < -0.4 is 10.9 Å². The van der Waals surface area contributed by atoms with E-state index in [0.717, 1.165) is 11.1 Å². The first-order valence-corrected chi connectivity index (χ1v) is 9.97. The second kappa shape index (κ2) is 10.2. The van der Waals surface area contributed by atoms with Crippen LogP contribution in [0.1, 0.15) is 33.3 Å². The van der Waals surface area contributed by atoms with E-state index in [1.165, 1.54) is 6.07 Å². The lowest BCUT2D eigenvalue weighted by Gasteiger charge is -2.20. The van der Waals surface area contributed by atoms with Crippen molar-refractivity contribution in [3.63, 3.8) is 0 Å². The normalized spacial score (nSPS) is 12.0. The molecule has 30 heavy (non-hydrogen) atoms. The number of aliphatic hydroxyl groups excluding tert-OH is 1. The number of carbonyl (C=O) groups is 1. The number of nitrogens with zero attached hydrogens (tertiary/aromatic N) is 1. The molecule has 0 saturated carbocycles. The molecule has 6 nitrogen and oxygen atoms in total. The summed E-state index contributed by atoms with van der Waals surface area (Å²) < 4.78 is 0. The van der Waals surface area contributed by atoms with E-state index in [0.29, 0.717) is 23.8 Å². The van der Waals surface area contributed by atoms with E-state index in [4.69, 9.17) is 11.6 Å². The number of carbonyl (C=O) groups excluding carboxylic acids is 1. The average Bonchev–Trinajstić information content (AvgIpc) is 2.73. The van der Waals surface area contributed by atoms with Crippen LogP contribution in [0.2, 0.25) is 5.02 Å². The molecular formula is C23H24ClN3O3. The molecule has 7 heteroatoms. The summed E-state index contributed by atoms with van der Waals surface area (Å²) in [5.41, 5.74) is 1.85. The summed E-state index contributed by atoms with van der Waals surface area (Å²) >= 11 is 6.09. The molecule has 0 fully saturated rings. The number of hydrogen-bond acceptors (Lipinski definition) is 4. The topological polar surface area (TPSA) is 85.4 Å². The SMILES string of the molecule is CN(Cc1ccc(C(=O)NCc2ccccc2Cl)c(=O)[nH]1)CC(O)c1ccccc1. The van der Waals surface area contributed by atoms with E-state index in [2.05, 4.69) is 10.3 Å². The monoisotopic (exact) mass is 425 g/mol. The number of hydrogen-bond donors (Lipinski definition) is 3. The molecule has 156 valence electrons. The zero-order chi connectivity index (χ0) is 21.5. The largest absolute Gasteiger partial charge is 0.387 e. The highest BCUT2D eigenvalue weighted by Crippen LogP contribution is 2.15. The molecule has 2 aromatic carbocycles. The van der Waals surface area contributed by atoms with Crippen molar-refractivity contribution in [2.24, 2.45) is 0 Å². The lowest BCUT2D eigenvalue weighted by molar-refractivity contribution is 0.0949. The quantitative estimate of drug-likeness (QED) is 0.517. The smallest absolute Gasteiger partial charge is 0.261 e. The van der Waals surface area contributed by atoms with Crippen LogP contribution in [0.15, 0.2) is 71.5 Å². The molecule has 1 atom stereocenters. The van der Waals surface area contributed by atoms with Crippen LogP contribution in [-0.2, 0) is 13.1 Å². The zero-order valence-electron chi connectivity index (χ0n) is 16.6. The molecule has 0 aliphatic rings. The molecule has 3 N–H and O–H groups in total. The number of halogens is 1. The third kappa shape index (κ3) is 5.79. The van der Waals surface area contributed by atoms with E-state index in [1.54, 1.807) is 12.1 Å². The minimum atomic E-state index is -0.627.